The van der Waals surface area contributed by atoms with Gasteiger partial charge in [-0.3, -0.25) is 4.90 Å². The van der Waals surface area contributed by atoms with Crippen LogP contribution < -0.4 is 0 Å². The van der Waals surface area contributed by atoms with E-state index in [2.05, 4.69) is 25.1 Å². The Morgan fingerprint density at radius 3 is 2.68 bits per heavy atom. The van der Waals surface area contributed by atoms with Crippen molar-refractivity contribution in [1.29, 1.82) is 0 Å². The number of fused-ring (bicyclic) bond motifs is 3. The fourth-order valence-electron chi connectivity index (χ4n) is 2.66. The van der Waals surface area contributed by atoms with Crippen molar-refractivity contribution in [3.63, 3.8) is 0 Å². The summed E-state index contributed by atoms with van der Waals surface area (Å²) in [6.07, 6.45) is 0. The Hall–Kier alpha value is -1.16. The molecule has 1 fully saturated rings. The van der Waals surface area contributed by atoms with Gasteiger partial charge in [-0.1, -0.05) is 30.0 Å². The van der Waals surface area contributed by atoms with Crippen LogP contribution in [0.25, 0.3) is 22.1 Å². The van der Waals surface area contributed by atoms with Crippen LogP contribution in [0, 0.1) is 0 Å². The Morgan fingerprint density at radius 2 is 1.88 bits per heavy atom. The molecule has 3 heterocycles. The zero-order valence-electron chi connectivity index (χ0n) is 13.5. The average molecular weight is 406 g/mol. The summed E-state index contributed by atoms with van der Waals surface area (Å²) in [4.78, 5) is 10.3. The first-order chi connectivity index (χ1) is 10.9. The van der Waals surface area contributed by atoms with E-state index in [1.807, 2.05) is 24.3 Å². The molecule has 0 aliphatic carbocycles. The predicted molar refractivity (Wildman–Crippen MR) is 105 cm³/mol. The highest BCUT2D eigenvalue weighted by Crippen LogP contribution is 2.23. The average Bonchev–Trinajstić information content (AvgIpc) is 2.93. The van der Waals surface area contributed by atoms with Gasteiger partial charge in [0, 0.05) is 36.3 Å². The first kappa shape index (κ1) is 21.9. The van der Waals surface area contributed by atoms with Crippen LogP contribution in [-0.4, -0.2) is 69.1 Å². The zero-order chi connectivity index (χ0) is 14.8. The summed E-state index contributed by atoms with van der Waals surface area (Å²) in [6, 6.07) is 8.07. The molecule has 138 valence electrons. The van der Waals surface area contributed by atoms with Crippen molar-refractivity contribution >= 4 is 58.6 Å². The van der Waals surface area contributed by atoms with Crippen LogP contribution in [-0.2, 0) is 4.74 Å². The van der Waals surface area contributed by atoms with E-state index >= 15 is 0 Å². The van der Waals surface area contributed by atoms with E-state index in [1.165, 1.54) is 0 Å². The lowest BCUT2D eigenvalue weighted by Crippen LogP contribution is -2.37. The number of nitrogens with one attached hydrogen (secondary N) is 1. The Kier molecular flexibility index (Phi) is 8.84. The number of ether oxygens (including phenoxy) is 1. The van der Waals surface area contributed by atoms with Crippen LogP contribution in [0.5, 0.6) is 0 Å². The van der Waals surface area contributed by atoms with Gasteiger partial charge in [0.25, 0.3) is 0 Å². The number of H-pyrrole nitrogens is 1. The Bertz CT molecular complexity index is 798. The van der Waals surface area contributed by atoms with E-state index in [0.29, 0.717) is 0 Å². The molecule has 0 unspecified atom stereocenters. The second-order valence-corrected chi connectivity index (χ2v) is 6.33. The largest absolute Gasteiger partial charge is 0.412 e. The Balaban J connectivity index is 0.00000104. The summed E-state index contributed by atoms with van der Waals surface area (Å²) in [7, 11) is 0. The molecule has 0 saturated carbocycles. The normalized spacial score (nSPS) is 14.6. The molecule has 0 amide bonds. The summed E-state index contributed by atoms with van der Waals surface area (Å²) in [5.41, 5.74) is 2.70. The third-order valence-electron chi connectivity index (χ3n) is 3.84. The van der Waals surface area contributed by atoms with E-state index in [4.69, 9.17) is 4.74 Å². The lowest BCUT2D eigenvalue weighted by molar-refractivity contribution is 0.0410. The van der Waals surface area contributed by atoms with Crippen molar-refractivity contribution in [2.24, 2.45) is 0 Å². The molecular weight excluding hydrogens is 385 g/mol. The highest BCUT2D eigenvalue weighted by Gasteiger charge is 2.11. The third-order valence-corrected chi connectivity index (χ3v) is 4.66. The fraction of sp³-hybridized carbons (Fsp3) is 0.400. The van der Waals surface area contributed by atoms with Crippen molar-refractivity contribution < 1.29 is 10.2 Å². The quantitative estimate of drug-likeness (QED) is 0.665. The number of aromatic amines is 1. The molecule has 1 aliphatic heterocycles. The molecule has 3 N–H and O–H groups in total. The number of halogens is 2. The second-order valence-electron chi connectivity index (χ2n) is 5.26. The van der Waals surface area contributed by atoms with Crippen LogP contribution in [0.15, 0.2) is 29.4 Å². The number of rotatable bonds is 4. The smallest absolute Gasteiger partial charge is 0.211 e. The maximum atomic E-state index is 5.35. The van der Waals surface area contributed by atoms with Gasteiger partial charge in [0.2, 0.25) is 5.16 Å². The number of hydrogen-bond acceptors (Lipinski definition) is 6. The van der Waals surface area contributed by atoms with Crippen molar-refractivity contribution in [2.75, 3.05) is 38.6 Å². The van der Waals surface area contributed by atoms with Gasteiger partial charge in [-0.2, -0.15) is 0 Å². The molecule has 0 bridgehead atoms. The molecule has 1 aliphatic rings. The standard InChI is InChI=1S/C15H17N5OS.2ClH.H2O/c1-2-4-12-11(3-1)13-14(16-12)17-15(19-18-13)22-10-7-20-5-8-21-9-6-20;;;/h1-4H,5-10H2,(H,16,17,19);2*1H;1H2. The van der Waals surface area contributed by atoms with Crippen LogP contribution in [0.2, 0.25) is 0 Å². The minimum absolute atomic E-state index is 0. The lowest BCUT2D eigenvalue weighted by atomic mass is 10.2. The van der Waals surface area contributed by atoms with Crippen molar-refractivity contribution in [1.82, 2.24) is 25.1 Å². The van der Waals surface area contributed by atoms with Crippen LogP contribution in [0.4, 0.5) is 0 Å². The summed E-state index contributed by atoms with van der Waals surface area (Å²) in [5.74, 6) is 0.966. The van der Waals surface area contributed by atoms with Gasteiger partial charge in [0.15, 0.2) is 5.65 Å². The molecule has 2 aromatic heterocycles. The van der Waals surface area contributed by atoms with E-state index in [0.717, 1.165) is 65.8 Å². The number of aromatic nitrogens is 4. The summed E-state index contributed by atoms with van der Waals surface area (Å²) < 4.78 is 5.35. The van der Waals surface area contributed by atoms with Gasteiger partial charge in [-0.15, -0.1) is 35.0 Å². The van der Waals surface area contributed by atoms with E-state index in [9.17, 15) is 0 Å². The third kappa shape index (κ3) is 4.93. The summed E-state index contributed by atoms with van der Waals surface area (Å²) in [5, 5.41) is 10.4. The fourth-order valence-corrected chi connectivity index (χ4v) is 3.44. The van der Waals surface area contributed by atoms with Gasteiger partial charge in [0.1, 0.15) is 5.52 Å². The molecular formula is C15H21Cl2N5O2S. The highest BCUT2D eigenvalue weighted by atomic mass is 35.5. The molecule has 10 heteroatoms. The molecule has 4 rings (SSSR count). The van der Waals surface area contributed by atoms with Crippen LogP contribution >= 0.6 is 36.6 Å². The van der Waals surface area contributed by atoms with Crippen LogP contribution in [0.1, 0.15) is 0 Å². The summed E-state index contributed by atoms with van der Waals surface area (Å²) in [6.45, 7) is 4.73. The molecule has 3 aromatic rings. The van der Waals surface area contributed by atoms with E-state index < -0.39 is 0 Å². The number of nitrogens with zero attached hydrogens (tertiary/aromatic N) is 4. The minimum Gasteiger partial charge on any atom is -0.412 e. The van der Waals surface area contributed by atoms with E-state index in [-0.39, 0.29) is 30.3 Å². The van der Waals surface area contributed by atoms with Gasteiger partial charge < -0.3 is 15.2 Å². The first-order valence-corrected chi connectivity index (χ1v) is 8.43. The number of thioether (sulfide) groups is 1. The number of benzene rings is 1. The van der Waals surface area contributed by atoms with Crippen molar-refractivity contribution in [2.45, 2.75) is 5.16 Å². The second kappa shape index (κ2) is 10.1. The van der Waals surface area contributed by atoms with Gasteiger partial charge in [-0.05, 0) is 6.07 Å². The van der Waals surface area contributed by atoms with Gasteiger partial charge in [0.05, 0.1) is 13.2 Å². The maximum absolute atomic E-state index is 5.35. The molecule has 0 atom stereocenters. The topological polar surface area (TPSA) is 98.4 Å². The molecule has 1 saturated heterocycles. The number of hydrogen-bond donors (Lipinski definition) is 1. The van der Waals surface area contributed by atoms with Gasteiger partial charge >= 0.3 is 0 Å². The SMILES string of the molecule is Cl.Cl.O.c1ccc2c(c1)[nH]c1nc(SCCN3CCOCC3)nnc12. The summed E-state index contributed by atoms with van der Waals surface area (Å²) >= 11 is 1.65. The van der Waals surface area contributed by atoms with Crippen molar-refractivity contribution in [3.05, 3.63) is 24.3 Å². The molecule has 0 spiro atoms. The predicted octanol–water partition coefficient (Wildman–Crippen LogP) is 1.95. The molecule has 0 radical (unpaired) electrons. The first-order valence-electron chi connectivity index (χ1n) is 7.44. The molecule has 25 heavy (non-hydrogen) atoms. The van der Waals surface area contributed by atoms with Gasteiger partial charge in [-0.25, -0.2) is 4.98 Å². The molecule has 7 nitrogen and oxygen atoms in total. The monoisotopic (exact) mass is 405 g/mol. The van der Waals surface area contributed by atoms with Crippen LogP contribution in [0.3, 0.4) is 0 Å². The number of para-hydroxylation sites is 1. The minimum atomic E-state index is 0. The Morgan fingerprint density at radius 1 is 1.12 bits per heavy atom. The maximum Gasteiger partial charge on any atom is 0.211 e. The Labute approximate surface area is 162 Å². The lowest BCUT2D eigenvalue weighted by Gasteiger charge is -2.26. The zero-order valence-corrected chi connectivity index (χ0v) is 15.9. The highest BCUT2D eigenvalue weighted by molar-refractivity contribution is 7.99. The van der Waals surface area contributed by atoms with Crippen molar-refractivity contribution in [3.8, 4) is 0 Å². The number of morpholine rings is 1. The van der Waals surface area contributed by atoms with E-state index in [1.54, 1.807) is 11.8 Å². The molecule has 1 aromatic carbocycles.